The lowest BCUT2D eigenvalue weighted by Crippen LogP contribution is -1.99. The maximum atomic E-state index is 5.08. The molecule has 0 aliphatic rings. The van der Waals surface area contributed by atoms with E-state index in [1.165, 1.54) is 37.0 Å². The van der Waals surface area contributed by atoms with Crippen molar-refractivity contribution in [3.63, 3.8) is 0 Å². The highest BCUT2D eigenvalue weighted by Crippen LogP contribution is 2.42. The minimum atomic E-state index is 0.274. The van der Waals surface area contributed by atoms with Crippen LogP contribution >= 0.6 is 11.3 Å². The summed E-state index contributed by atoms with van der Waals surface area (Å²) in [7, 11) is 0. The van der Waals surface area contributed by atoms with E-state index in [1.54, 1.807) is 11.3 Å². The zero-order valence-corrected chi connectivity index (χ0v) is 17.7. The molecule has 0 bridgehead atoms. The zero-order valence-electron chi connectivity index (χ0n) is 16.9. The van der Waals surface area contributed by atoms with Crippen LogP contribution in [0.5, 0.6) is 0 Å². The third kappa shape index (κ3) is 2.62. The zero-order chi connectivity index (χ0) is 20.2. The summed E-state index contributed by atoms with van der Waals surface area (Å²) in [5.74, 6) is 1.18. The van der Waals surface area contributed by atoms with Crippen LogP contribution in [0.4, 0.5) is 0 Å². The van der Waals surface area contributed by atoms with Crippen molar-refractivity contribution < 1.29 is 0 Å². The molecule has 2 heterocycles. The second-order valence-electron chi connectivity index (χ2n) is 8.09. The van der Waals surface area contributed by atoms with Gasteiger partial charge in [0.15, 0.2) is 0 Å². The second-order valence-corrected chi connectivity index (χ2v) is 9.09. The fraction of sp³-hybridized carbons (Fsp3) is 0.111. The minimum Gasteiger partial charge on any atom is -0.232 e. The molecule has 2 nitrogen and oxygen atoms in total. The molecule has 0 radical (unpaired) electrons. The van der Waals surface area contributed by atoms with E-state index in [0.29, 0.717) is 0 Å². The molecule has 3 heteroatoms. The number of hydrogen-bond acceptors (Lipinski definition) is 3. The van der Waals surface area contributed by atoms with Crippen LogP contribution in [-0.4, -0.2) is 9.97 Å². The van der Waals surface area contributed by atoms with Crippen molar-refractivity contribution in [2.24, 2.45) is 0 Å². The van der Waals surface area contributed by atoms with Gasteiger partial charge in [-0.15, -0.1) is 11.3 Å². The average molecular weight is 405 g/mol. The third-order valence-corrected chi connectivity index (χ3v) is 6.91. The van der Waals surface area contributed by atoms with Crippen LogP contribution in [0.2, 0.25) is 0 Å². The Bertz CT molecular complexity index is 1580. The molecule has 30 heavy (non-hydrogen) atoms. The highest BCUT2D eigenvalue weighted by atomic mass is 32.1. The van der Waals surface area contributed by atoms with Crippen molar-refractivity contribution in [3.05, 3.63) is 84.7 Å². The van der Waals surface area contributed by atoms with Gasteiger partial charge in [-0.3, -0.25) is 0 Å². The summed E-state index contributed by atoms with van der Waals surface area (Å²) in [6, 6.07) is 28.2. The van der Waals surface area contributed by atoms with E-state index in [0.717, 1.165) is 21.9 Å². The molecular weight excluding hydrogens is 384 g/mol. The van der Waals surface area contributed by atoms with Crippen LogP contribution < -0.4 is 0 Å². The number of thiophene rings is 1. The first-order valence-electron chi connectivity index (χ1n) is 10.3. The molecule has 0 aliphatic carbocycles. The van der Waals surface area contributed by atoms with E-state index < -0.39 is 0 Å². The highest BCUT2D eigenvalue weighted by molar-refractivity contribution is 7.26. The second kappa shape index (κ2) is 6.61. The number of rotatable bonds is 2. The van der Waals surface area contributed by atoms with E-state index >= 15 is 0 Å². The van der Waals surface area contributed by atoms with Gasteiger partial charge in [-0.1, -0.05) is 86.6 Å². The SMILES string of the molecule is CC(C)c1nc(-c2ccc3ccccc3c2)c2c(n1)sc1c3ccccc3ccc12. The largest absolute Gasteiger partial charge is 0.232 e. The quantitative estimate of drug-likeness (QED) is 0.293. The van der Waals surface area contributed by atoms with Crippen molar-refractivity contribution in [1.29, 1.82) is 0 Å². The predicted octanol–water partition coefficient (Wildman–Crippen LogP) is 7.94. The molecular formula is C27H20N2S. The third-order valence-electron chi connectivity index (χ3n) is 5.78. The Morgan fingerprint density at radius 2 is 1.43 bits per heavy atom. The molecule has 0 saturated heterocycles. The van der Waals surface area contributed by atoms with Gasteiger partial charge in [0.2, 0.25) is 0 Å². The normalized spacial score (nSPS) is 12.0. The molecule has 2 aromatic heterocycles. The Hall–Kier alpha value is -3.30. The Morgan fingerprint density at radius 1 is 0.700 bits per heavy atom. The van der Waals surface area contributed by atoms with Crippen LogP contribution in [-0.2, 0) is 0 Å². The molecule has 6 aromatic rings. The Balaban J connectivity index is 1.75. The standard InChI is InChI=1S/C27H20N2S/c1-16(2)26-28-24(20-12-11-17-7-3-4-9-19(17)15-20)23-22-14-13-18-8-5-6-10-21(18)25(22)30-27(23)29-26/h3-16H,1-2H3. The van der Waals surface area contributed by atoms with Gasteiger partial charge in [0.05, 0.1) is 5.69 Å². The van der Waals surface area contributed by atoms with Crippen LogP contribution in [0.25, 0.3) is 53.1 Å². The molecule has 0 amide bonds. The molecule has 6 rings (SSSR count). The van der Waals surface area contributed by atoms with Gasteiger partial charge in [0.1, 0.15) is 10.7 Å². The van der Waals surface area contributed by atoms with Crippen LogP contribution in [0.3, 0.4) is 0 Å². The summed E-state index contributed by atoms with van der Waals surface area (Å²) >= 11 is 1.78. The number of benzene rings is 4. The van der Waals surface area contributed by atoms with Gasteiger partial charge in [-0.25, -0.2) is 9.97 Å². The van der Waals surface area contributed by atoms with Crippen LogP contribution in [0.1, 0.15) is 25.6 Å². The number of nitrogens with zero attached hydrogens (tertiary/aromatic N) is 2. The molecule has 0 atom stereocenters. The Kier molecular flexibility index (Phi) is 3.87. The smallest absolute Gasteiger partial charge is 0.133 e. The van der Waals surface area contributed by atoms with Crippen molar-refractivity contribution >= 4 is 53.2 Å². The van der Waals surface area contributed by atoms with Gasteiger partial charge < -0.3 is 0 Å². The summed E-state index contributed by atoms with van der Waals surface area (Å²) < 4.78 is 1.29. The van der Waals surface area contributed by atoms with E-state index in [4.69, 9.17) is 9.97 Å². The maximum absolute atomic E-state index is 5.08. The van der Waals surface area contributed by atoms with E-state index in [9.17, 15) is 0 Å². The van der Waals surface area contributed by atoms with Gasteiger partial charge in [0.25, 0.3) is 0 Å². The summed E-state index contributed by atoms with van der Waals surface area (Å²) in [5.41, 5.74) is 2.19. The summed E-state index contributed by atoms with van der Waals surface area (Å²) in [4.78, 5) is 11.1. The van der Waals surface area contributed by atoms with Crippen molar-refractivity contribution in [2.75, 3.05) is 0 Å². The molecule has 144 valence electrons. The lowest BCUT2D eigenvalue weighted by atomic mass is 10.0. The minimum absolute atomic E-state index is 0.274. The number of hydrogen-bond donors (Lipinski definition) is 0. The van der Waals surface area contributed by atoms with Gasteiger partial charge in [-0.05, 0) is 27.6 Å². The summed E-state index contributed by atoms with van der Waals surface area (Å²) in [6.07, 6.45) is 0. The maximum Gasteiger partial charge on any atom is 0.133 e. The van der Waals surface area contributed by atoms with E-state index in [-0.39, 0.29) is 5.92 Å². The van der Waals surface area contributed by atoms with Crippen molar-refractivity contribution in [2.45, 2.75) is 19.8 Å². The average Bonchev–Trinajstić information content (AvgIpc) is 3.17. The van der Waals surface area contributed by atoms with E-state index in [2.05, 4.69) is 92.7 Å². The van der Waals surface area contributed by atoms with E-state index in [1.807, 2.05) is 0 Å². The molecule has 0 N–H and O–H groups in total. The van der Waals surface area contributed by atoms with Gasteiger partial charge in [-0.2, -0.15) is 0 Å². The Morgan fingerprint density at radius 3 is 2.27 bits per heavy atom. The van der Waals surface area contributed by atoms with Gasteiger partial charge in [0, 0.05) is 27.0 Å². The predicted molar refractivity (Wildman–Crippen MR) is 129 cm³/mol. The first-order valence-corrected chi connectivity index (χ1v) is 11.1. The molecule has 0 spiro atoms. The lowest BCUT2D eigenvalue weighted by molar-refractivity contribution is 0.786. The topological polar surface area (TPSA) is 25.8 Å². The lowest BCUT2D eigenvalue weighted by Gasteiger charge is -2.10. The van der Waals surface area contributed by atoms with Crippen LogP contribution in [0.15, 0.2) is 78.9 Å². The molecule has 4 aromatic carbocycles. The highest BCUT2D eigenvalue weighted by Gasteiger charge is 2.18. The summed E-state index contributed by atoms with van der Waals surface area (Å²) in [5, 5.41) is 7.44. The fourth-order valence-corrected chi connectivity index (χ4v) is 5.44. The number of fused-ring (bicyclic) bond motifs is 6. The number of aromatic nitrogens is 2. The monoisotopic (exact) mass is 404 g/mol. The Labute approximate surface area is 178 Å². The molecule has 0 fully saturated rings. The van der Waals surface area contributed by atoms with Crippen LogP contribution in [0, 0.1) is 0 Å². The first-order chi connectivity index (χ1) is 14.7. The fourth-order valence-electron chi connectivity index (χ4n) is 4.22. The van der Waals surface area contributed by atoms with Crippen molar-refractivity contribution in [3.8, 4) is 11.3 Å². The molecule has 0 unspecified atom stereocenters. The van der Waals surface area contributed by atoms with Gasteiger partial charge >= 0.3 is 0 Å². The molecule has 0 saturated carbocycles. The molecule has 0 aliphatic heterocycles. The summed E-state index contributed by atoms with van der Waals surface area (Å²) in [6.45, 7) is 4.32. The van der Waals surface area contributed by atoms with Crippen molar-refractivity contribution in [1.82, 2.24) is 9.97 Å². The first kappa shape index (κ1) is 17.5.